The SMILES string of the molecule is CN=C(NCc1ccc(OC)c(C(=O)OC)c1)NCc1nc(C(F)(F)F)cs1. The van der Waals surface area contributed by atoms with Crippen LogP contribution in [0.1, 0.15) is 26.6 Å². The molecular weight excluding hydrogens is 397 g/mol. The highest BCUT2D eigenvalue weighted by molar-refractivity contribution is 7.09. The Labute approximate surface area is 163 Å². The monoisotopic (exact) mass is 416 g/mol. The van der Waals surface area contributed by atoms with Crippen LogP contribution in [0.2, 0.25) is 0 Å². The van der Waals surface area contributed by atoms with Crippen LogP contribution in [-0.4, -0.2) is 38.2 Å². The molecule has 0 aliphatic carbocycles. The minimum Gasteiger partial charge on any atom is -0.496 e. The van der Waals surface area contributed by atoms with Crippen molar-refractivity contribution in [3.8, 4) is 5.75 Å². The van der Waals surface area contributed by atoms with E-state index in [-0.39, 0.29) is 17.1 Å². The number of aromatic nitrogens is 1. The lowest BCUT2D eigenvalue weighted by Crippen LogP contribution is -2.36. The third-order valence-electron chi connectivity index (χ3n) is 3.60. The first kappa shape index (κ1) is 21.5. The number of hydrogen-bond acceptors (Lipinski definition) is 6. The van der Waals surface area contributed by atoms with E-state index in [0.29, 0.717) is 18.3 Å². The highest BCUT2D eigenvalue weighted by Gasteiger charge is 2.33. The van der Waals surface area contributed by atoms with Gasteiger partial charge in [0.25, 0.3) is 0 Å². The second kappa shape index (κ2) is 9.40. The van der Waals surface area contributed by atoms with E-state index in [4.69, 9.17) is 9.47 Å². The molecule has 2 rings (SSSR count). The van der Waals surface area contributed by atoms with Crippen LogP contribution < -0.4 is 15.4 Å². The molecular formula is C17H19F3N4O3S. The van der Waals surface area contributed by atoms with E-state index in [2.05, 4.69) is 20.6 Å². The molecule has 28 heavy (non-hydrogen) atoms. The van der Waals surface area contributed by atoms with Gasteiger partial charge >= 0.3 is 12.1 Å². The molecule has 0 amide bonds. The molecule has 1 heterocycles. The van der Waals surface area contributed by atoms with Gasteiger partial charge in [0.2, 0.25) is 0 Å². The number of nitrogens with one attached hydrogen (secondary N) is 2. The zero-order valence-corrected chi connectivity index (χ0v) is 16.2. The second-order valence-electron chi connectivity index (χ2n) is 5.43. The number of rotatable bonds is 6. The first-order valence-electron chi connectivity index (χ1n) is 7.99. The van der Waals surface area contributed by atoms with E-state index >= 15 is 0 Å². The number of nitrogens with zero attached hydrogens (tertiary/aromatic N) is 2. The Morgan fingerprint density at radius 3 is 2.54 bits per heavy atom. The molecule has 0 bridgehead atoms. The van der Waals surface area contributed by atoms with E-state index in [1.165, 1.54) is 21.3 Å². The van der Waals surface area contributed by atoms with E-state index in [0.717, 1.165) is 22.3 Å². The zero-order chi connectivity index (χ0) is 20.7. The van der Waals surface area contributed by atoms with Gasteiger partial charge in [0.15, 0.2) is 11.7 Å². The average molecular weight is 416 g/mol. The molecule has 0 unspecified atom stereocenters. The van der Waals surface area contributed by atoms with Crippen molar-refractivity contribution in [3.63, 3.8) is 0 Å². The molecule has 7 nitrogen and oxygen atoms in total. The number of ether oxygens (including phenoxy) is 2. The van der Waals surface area contributed by atoms with Gasteiger partial charge in [0.05, 0.1) is 20.8 Å². The standard InChI is InChI=1S/C17H19F3N4O3S/c1-21-16(23-8-14-24-13(9-28-14)17(18,19)20)22-7-10-4-5-12(26-2)11(6-10)15(25)27-3/h4-6,9H,7-8H2,1-3H3,(H2,21,22,23). The van der Waals surface area contributed by atoms with Crippen molar-refractivity contribution in [1.29, 1.82) is 0 Å². The Morgan fingerprint density at radius 1 is 1.25 bits per heavy atom. The summed E-state index contributed by atoms with van der Waals surface area (Å²) < 4.78 is 47.6. The fourth-order valence-corrected chi connectivity index (χ4v) is 2.96. The number of thiazole rings is 1. The summed E-state index contributed by atoms with van der Waals surface area (Å²) in [6.45, 7) is 0.412. The first-order chi connectivity index (χ1) is 13.3. The van der Waals surface area contributed by atoms with E-state index in [1.807, 2.05) is 0 Å². The number of methoxy groups -OCH3 is 2. The minimum absolute atomic E-state index is 0.0937. The largest absolute Gasteiger partial charge is 0.496 e. The molecule has 0 saturated carbocycles. The van der Waals surface area contributed by atoms with Gasteiger partial charge in [-0.2, -0.15) is 13.2 Å². The van der Waals surface area contributed by atoms with E-state index in [1.54, 1.807) is 18.2 Å². The topological polar surface area (TPSA) is 84.8 Å². The van der Waals surface area contributed by atoms with Crippen molar-refractivity contribution in [2.45, 2.75) is 19.3 Å². The number of carbonyl (C=O) groups excluding carboxylic acids is 1. The number of guanidine groups is 1. The molecule has 2 aromatic rings. The lowest BCUT2D eigenvalue weighted by Gasteiger charge is -2.13. The molecule has 0 aliphatic heterocycles. The van der Waals surface area contributed by atoms with Crippen LogP contribution in [0.25, 0.3) is 0 Å². The van der Waals surface area contributed by atoms with Gasteiger partial charge in [-0.25, -0.2) is 9.78 Å². The van der Waals surface area contributed by atoms with Gasteiger partial charge in [0.1, 0.15) is 16.3 Å². The van der Waals surface area contributed by atoms with Crippen LogP contribution in [-0.2, 0) is 24.0 Å². The van der Waals surface area contributed by atoms with Crippen molar-refractivity contribution in [1.82, 2.24) is 15.6 Å². The summed E-state index contributed by atoms with van der Waals surface area (Å²) in [6.07, 6.45) is -4.46. The van der Waals surface area contributed by atoms with Gasteiger partial charge < -0.3 is 20.1 Å². The fourth-order valence-electron chi connectivity index (χ4n) is 2.22. The second-order valence-corrected chi connectivity index (χ2v) is 6.37. The van der Waals surface area contributed by atoms with Crippen molar-refractivity contribution < 1.29 is 27.4 Å². The van der Waals surface area contributed by atoms with Crippen LogP contribution >= 0.6 is 11.3 Å². The molecule has 11 heteroatoms. The van der Waals surface area contributed by atoms with Gasteiger partial charge in [-0.15, -0.1) is 11.3 Å². The molecule has 1 aromatic carbocycles. The van der Waals surface area contributed by atoms with Crippen LogP contribution in [0.3, 0.4) is 0 Å². The van der Waals surface area contributed by atoms with Gasteiger partial charge in [-0.05, 0) is 17.7 Å². The van der Waals surface area contributed by atoms with Crippen LogP contribution in [0.5, 0.6) is 5.75 Å². The Hall–Kier alpha value is -2.82. The Bertz CT molecular complexity index is 852. The Morgan fingerprint density at radius 2 is 1.96 bits per heavy atom. The zero-order valence-electron chi connectivity index (χ0n) is 15.4. The summed E-state index contributed by atoms with van der Waals surface area (Å²) in [6, 6.07) is 5.04. The highest BCUT2D eigenvalue weighted by Crippen LogP contribution is 2.29. The number of carbonyl (C=O) groups is 1. The van der Waals surface area contributed by atoms with Crippen molar-refractivity contribution >= 4 is 23.3 Å². The average Bonchev–Trinajstić information content (AvgIpc) is 3.17. The van der Waals surface area contributed by atoms with Crippen LogP contribution in [0, 0.1) is 0 Å². The summed E-state index contributed by atoms with van der Waals surface area (Å²) in [5, 5.41) is 7.17. The minimum atomic E-state index is -4.46. The van der Waals surface area contributed by atoms with Gasteiger partial charge in [-0.1, -0.05) is 6.07 Å². The maximum absolute atomic E-state index is 12.6. The van der Waals surface area contributed by atoms with Crippen LogP contribution in [0.15, 0.2) is 28.6 Å². The number of hydrogen-bond donors (Lipinski definition) is 2. The third-order valence-corrected chi connectivity index (χ3v) is 4.45. The van der Waals surface area contributed by atoms with Gasteiger partial charge in [-0.3, -0.25) is 4.99 Å². The summed E-state index contributed by atoms with van der Waals surface area (Å²) in [7, 11) is 4.27. The van der Waals surface area contributed by atoms with Gasteiger partial charge in [0, 0.05) is 19.0 Å². The molecule has 0 radical (unpaired) electrons. The molecule has 0 saturated heterocycles. The lowest BCUT2D eigenvalue weighted by atomic mass is 10.1. The molecule has 1 aromatic heterocycles. The molecule has 0 fully saturated rings. The van der Waals surface area contributed by atoms with Crippen molar-refractivity contribution in [2.24, 2.45) is 4.99 Å². The summed E-state index contributed by atoms with van der Waals surface area (Å²) in [5.41, 5.74) is 0.137. The highest BCUT2D eigenvalue weighted by atomic mass is 32.1. The molecule has 2 N–H and O–H groups in total. The number of benzene rings is 1. The molecule has 0 atom stereocenters. The quantitative estimate of drug-likeness (QED) is 0.428. The molecule has 152 valence electrons. The smallest absolute Gasteiger partial charge is 0.434 e. The van der Waals surface area contributed by atoms with E-state index in [9.17, 15) is 18.0 Å². The maximum atomic E-state index is 12.6. The van der Waals surface area contributed by atoms with Crippen molar-refractivity contribution in [2.75, 3.05) is 21.3 Å². The molecule has 0 aliphatic rings. The Balaban J connectivity index is 1.97. The normalized spacial score (nSPS) is 11.9. The van der Waals surface area contributed by atoms with E-state index < -0.39 is 17.8 Å². The summed E-state index contributed by atoms with van der Waals surface area (Å²) in [5.74, 6) is 0.243. The summed E-state index contributed by atoms with van der Waals surface area (Å²) in [4.78, 5) is 19.4. The first-order valence-corrected chi connectivity index (χ1v) is 8.87. The maximum Gasteiger partial charge on any atom is 0.434 e. The lowest BCUT2D eigenvalue weighted by molar-refractivity contribution is -0.140. The Kier molecular flexibility index (Phi) is 7.21. The van der Waals surface area contributed by atoms with Crippen molar-refractivity contribution in [3.05, 3.63) is 45.4 Å². The predicted octanol–water partition coefficient (Wildman–Crippen LogP) is 2.82. The number of halogens is 3. The fraction of sp³-hybridized carbons (Fsp3) is 0.353. The number of alkyl halides is 3. The third kappa shape index (κ3) is 5.59. The summed E-state index contributed by atoms with van der Waals surface area (Å²) >= 11 is 0.913. The number of esters is 1. The molecule has 0 spiro atoms. The predicted molar refractivity (Wildman–Crippen MR) is 98.5 cm³/mol. The number of aliphatic imine (C=N–C) groups is 1. The van der Waals surface area contributed by atoms with Crippen LogP contribution in [0.4, 0.5) is 13.2 Å².